The monoisotopic (exact) mass is 341 g/mol. The molecule has 134 valence electrons. The number of anilines is 1. The number of aromatic nitrogens is 2. The fourth-order valence-electron chi connectivity index (χ4n) is 3.10. The van der Waals surface area contributed by atoms with Crippen molar-refractivity contribution in [2.75, 3.05) is 32.1 Å². The predicted molar refractivity (Wildman–Crippen MR) is 99.7 cm³/mol. The molecule has 0 unspecified atom stereocenters. The minimum absolute atomic E-state index is 0.111. The van der Waals surface area contributed by atoms with Gasteiger partial charge in [0.05, 0.1) is 6.54 Å². The van der Waals surface area contributed by atoms with Gasteiger partial charge in [-0.2, -0.15) is 0 Å². The average molecular weight is 341 g/mol. The second kappa shape index (κ2) is 7.70. The van der Waals surface area contributed by atoms with E-state index in [1.54, 1.807) is 0 Å². The highest BCUT2D eigenvalue weighted by Crippen LogP contribution is 2.14. The highest BCUT2D eigenvalue weighted by Gasteiger charge is 2.20. The van der Waals surface area contributed by atoms with E-state index in [2.05, 4.69) is 43.7 Å². The van der Waals surface area contributed by atoms with Gasteiger partial charge >= 0.3 is 0 Å². The SMILES string of the molecule is CCCN1CCn2cc(C(=O)NCc3ccc(N(C)C)cc3)nc2C1. The van der Waals surface area contributed by atoms with Crippen LogP contribution >= 0.6 is 0 Å². The van der Waals surface area contributed by atoms with E-state index >= 15 is 0 Å². The summed E-state index contributed by atoms with van der Waals surface area (Å²) in [5.74, 6) is 0.876. The van der Waals surface area contributed by atoms with Gasteiger partial charge < -0.3 is 14.8 Å². The van der Waals surface area contributed by atoms with Crippen molar-refractivity contribution in [3.05, 3.63) is 47.5 Å². The van der Waals surface area contributed by atoms with Gasteiger partial charge in [-0.15, -0.1) is 0 Å². The highest BCUT2D eigenvalue weighted by molar-refractivity contribution is 5.92. The maximum atomic E-state index is 12.4. The van der Waals surface area contributed by atoms with Crippen LogP contribution in [0.1, 0.15) is 35.2 Å². The fourth-order valence-corrected chi connectivity index (χ4v) is 3.10. The third kappa shape index (κ3) is 4.20. The molecule has 1 N–H and O–H groups in total. The zero-order valence-electron chi connectivity index (χ0n) is 15.3. The summed E-state index contributed by atoms with van der Waals surface area (Å²) in [4.78, 5) is 21.4. The van der Waals surface area contributed by atoms with Gasteiger partial charge in [0.15, 0.2) is 0 Å². The van der Waals surface area contributed by atoms with Crippen molar-refractivity contribution >= 4 is 11.6 Å². The first kappa shape index (κ1) is 17.5. The van der Waals surface area contributed by atoms with Gasteiger partial charge in [-0.05, 0) is 30.7 Å². The summed E-state index contributed by atoms with van der Waals surface area (Å²) in [6, 6.07) is 8.19. The molecule has 0 spiro atoms. The maximum absolute atomic E-state index is 12.4. The molecular formula is C19H27N5O. The summed E-state index contributed by atoms with van der Waals surface area (Å²) in [5, 5.41) is 2.97. The van der Waals surface area contributed by atoms with Crippen LogP contribution in [0.3, 0.4) is 0 Å². The lowest BCUT2D eigenvalue weighted by Crippen LogP contribution is -2.34. The molecule has 0 fully saturated rings. The lowest BCUT2D eigenvalue weighted by molar-refractivity contribution is 0.0946. The van der Waals surface area contributed by atoms with Crippen LogP contribution in [-0.2, 0) is 19.6 Å². The summed E-state index contributed by atoms with van der Waals surface area (Å²) in [6.07, 6.45) is 3.02. The second-order valence-electron chi connectivity index (χ2n) is 6.76. The van der Waals surface area contributed by atoms with Crippen LogP contribution in [0.5, 0.6) is 0 Å². The van der Waals surface area contributed by atoms with Crippen molar-refractivity contribution < 1.29 is 4.79 Å². The first-order chi connectivity index (χ1) is 12.1. The van der Waals surface area contributed by atoms with E-state index in [1.807, 2.05) is 32.4 Å². The molecule has 3 rings (SSSR count). The molecule has 2 heterocycles. The molecular weight excluding hydrogens is 314 g/mol. The number of fused-ring (bicyclic) bond motifs is 1. The first-order valence-corrected chi connectivity index (χ1v) is 8.89. The van der Waals surface area contributed by atoms with Crippen LogP contribution in [0.2, 0.25) is 0 Å². The van der Waals surface area contributed by atoms with Crippen LogP contribution in [0, 0.1) is 0 Å². The summed E-state index contributed by atoms with van der Waals surface area (Å²) in [5.41, 5.74) is 2.74. The molecule has 6 heteroatoms. The molecule has 0 bridgehead atoms. The molecule has 1 aliphatic rings. The molecule has 0 radical (unpaired) electrons. The summed E-state index contributed by atoms with van der Waals surface area (Å²) < 4.78 is 2.10. The number of amides is 1. The Labute approximate surface area is 149 Å². The normalized spacial score (nSPS) is 14.2. The van der Waals surface area contributed by atoms with Gasteiger partial charge in [0, 0.05) is 45.6 Å². The average Bonchev–Trinajstić information content (AvgIpc) is 3.03. The third-order valence-electron chi connectivity index (χ3n) is 4.56. The molecule has 1 aromatic carbocycles. The largest absolute Gasteiger partial charge is 0.378 e. The van der Waals surface area contributed by atoms with Crippen LogP contribution < -0.4 is 10.2 Å². The lowest BCUT2D eigenvalue weighted by Gasteiger charge is -2.26. The van der Waals surface area contributed by atoms with Crippen molar-refractivity contribution in [3.8, 4) is 0 Å². The van der Waals surface area contributed by atoms with E-state index < -0.39 is 0 Å². The van der Waals surface area contributed by atoms with Gasteiger partial charge in [0.1, 0.15) is 11.5 Å². The number of benzene rings is 1. The number of nitrogens with one attached hydrogen (secondary N) is 1. The third-order valence-corrected chi connectivity index (χ3v) is 4.56. The molecule has 0 saturated carbocycles. The van der Waals surface area contributed by atoms with Gasteiger partial charge in [-0.1, -0.05) is 19.1 Å². The quantitative estimate of drug-likeness (QED) is 0.874. The topological polar surface area (TPSA) is 53.4 Å². The second-order valence-corrected chi connectivity index (χ2v) is 6.76. The van der Waals surface area contributed by atoms with Crippen molar-refractivity contribution in [2.24, 2.45) is 0 Å². The van der Waals surface area contributed by atoms with Crippen LogP contribution in [0.15, 0.2) is 30.5 Å². The van der Waals surface area contributed by atoms with Gasteiger partial charge in [-0.3, -0.25) is 9.69 Å². The van der Waals surface area contributed by atoms with Crippen LogP contribution in [0.25, 0.3) is 0 Å². The van der Waals surface area contributed by atoms with E-state index in [9.17, 15) is 4.79 Å². The zero-order valence-corrected chi connectivity index (χ0v) is 15.3. The first-order valence-electron chi connectivity index (χ1n) is 8.89. The van der Waals surface area contributed by atoms with E-state index in [0.29, 0.717) is 12.2 Å². The van der Waals surface area contributed by atoms with Crippen molar-refractivity contribution in [2.45, 2.75) is 33.0 Å². The van der Waals surface area contributed by atoms with E-state index in [0.717, 1.165) is 49.7 Å². The van der Waals surface area contributed by atoms with E-state index in [4.69, 9.17) is 0 Å². The maximum Gasteiger partial charge on any atom is 0.271 e. The molecule has 25 heavy (non-hydrogen) atoms. The molecule has 0 aliphatic carbocycles. The molecule has 1 aromatic heterocycles. The Hall–Kier alpha value is -2.34. The minimum Gasteiger partial charge on any atom is -0.378 e. The molecule has 6 nitrogen and oxygen atoms in total. The standard InChI is InChI=1S/C19H27N5O/c1-4-9-23-10-11-24-13-17(21-18(24)14-23)19(25)20-12-15-5-7-16(8-6-15)22(2)3/h5-8,13H,4,9-12,14H2,1-3H3,(H,20,25). The van der Waals surface area contributed by atoms with Gasteiger partial charge in [0.2, 0.25) is 0 Å². The van der Waals surface area contributed by atoms with Crippen molar-refractivity contribution in [1.29, 1.82) is 0 Å². The molecule has 1 amide bonds. The zero-order chi connectivity index (χ0) is 17.8. The number of rotatable bonds is 6. The van der Waals surface area contributed by atoms with Gasteiger partial charge in [0.25, 0.3) is 5.91 Å². The Bertz CT molecular complexity index is 720. The number of carbonyl (C=O) groups is 1. The minimum atomic E-state index is -0.111. The van der Waals surface area contributed by atoms with E-state index in [-0.39, 0.29) is 5.91 Å². The number of imidazole rings is 1. The van der Waals surface area contributed by atoms with Gasteiger partial charge in [-0.25, -0.2) is 4.98 Å². The van der Waals surface area contributed by atoms with Crippen molar-refractivity contribution in [3.63, 3.8) is 0 Å². The predicted octanol–water partition coefficient (Wildman–Crippen LogP) is 2.10. The Morgan fingerprint density at radius 2 is 2.00 bits per heavy atom. The number of nitrogens with zero attached hydrogens (tertiary/aromatic N) is 4. The van der Waals surface area contributed by atoms with Crippen LogP contribution in [0.4, 0.5) is 5.69 Å². The fraction of sp³-hybridized carbons (Fsp3) is 0.474. The Kier molecular flexibility index (Phi) is 5.38. The molecule has 1 aliphatic heterocycles. The molecule has 0 saturated heterocycles. The summed E-state index contributed by atoms with van der Waals surface area (Å²) in [6.45, 7) is 6.53. The lowest BCUT2D eigenvalue weighted by atomic mass is 10.2. The summed E-state index contributed by atoms with van der Waals surface area (Å²) >= 11 is 0. The Morgan fingerprint density at radius 1 is 1.24 bits per heavy atom. The van der Waals surface area contributed by atoms with E-state index in [1.165, 1.54) is 0 Å². The molecule has 2 aromatic rings. The summed E-state index contributed by atoms with van der Waals surface area (Å²) in [7, 11) is 4.03. The highest BCUT2D eigenvalue weighted by atomic mass is 16.1. The number of hydrogen-bond donors (Lipinski definition) is 1. The number of carbonyl (C=O) groups excluding carboxylic acids is 1. The Balaban J connectivity index is 1.59. The van der Waals surface area contributed by atoms with Crippen molar-refractivity contribution in [1.82, 2.24) is 19.8 Å². The smallest absolute Gasteiger partial charge is 0.271 e. The number of hydrogen-bond acceptors (Lipinski definition) is 4. The Morgan fingerprint density at radius 3 is 2.68 bits per heavy atom. The molecule has 0 atom stereocenters. The van der Waals surface area contributed by atoms with Crippen LogP contribution in [-0.4, -0.2) is 47.5 Å².